The molecule has 0 amide bonds. The molecule has 0 heteroatoms. The number of hydrogen-bond acceptors (Lipinski definition) is 0. The van der Waals surface area contributed by atoms with Gasteiger partial charge in [-0.05, 0) is 48.4 Å². The summed E-state index contributed by atoms with van der Waals surface area (Å²) in [5.74, 6) is 0.644. The van der Waals surface area contributed by atoms with E-state index in [1.165, 1.54) is 22.3 Å². The Balaban J connectivity index is 3.27. The third kappa shape index (κ3) is 1.93. The first kappa shape index (κ1) is 10.3. The zero-order valence-electron chi connectivity index (χ0n) is 9.44. The van der Waals surface area contributed by atoms with E-state index in [0.717, 1.165) is 6.42 Å². The lowest BCUT2D eigenvalue weighted by Gasteiger charge is -2.15. The van der Waals surface area contributed by atoms with Gasteiger partial charge in [0.1, 0.15) is 0 Å². The summed E-state index contributed by atoms with van der Waals surface area (Å²) in [6, 6.07) is 4.52. The van der Waals surface area contributed by atoms with E-state index in [0.29, 0.717) is 5.92 Å². The van der Waals surface area contributed by atoms with Crippen molar-refractivity contribution >= 4 is 0 Å². The Labute approximate surface area is 82.0 Å². The van der Waals surface area contributed by atoms with Crippen LogP contribution in [0.3, 0.4) is 0 Å². The van der Waals surface area contributed by atoms with Gasteiger partial charge in [-0.2, -0.15) is 0 Å². The van der Waals surface area contributed by atoms with Crippen LogP contribution < -0.4 is 0 Å². The molecule has 0 saturated carbocycles. The smallest absolute Gasteiger partial charge is 0.0216 e. The summed E-state index contributed by atoms with van der Waals surface area (Å²) in [6.45, 7) is 11.2. The summed E-state index contributed by atoms with van der Waals surface area (Å²) in [5, 5.41) is 0. The Morgan fingerprint density at radius 3 is 2.23 bits per heavy atom. The highest BCUT2D eigenvalue weighted by atomic mass is 14.1. The van der Waals surface area contributed by atoms with E-state index >= 15 is 0 Å². The van der Waals surface area contributed by atoms with Crippen LogP contribution in [0, 0.1) is 13.8 Å². The van der Waals surface area contributed by atoms with Crippen molar-refractivity contribution < 1.29 is 0 Å². The lowest BCUT2D eigenvalue weighted by Crippen LogP contribution is -1.98. The van der Waals surface area contributed by atoms with E-state index < -0.39 is 0 Å². The number of rotatable bonds is 2. The molecule has 1 rings (SSSR count). The molecule has 0 aliphatic rings. The quantitative estimate of drug-likeness (QED) is 0.639. The Morgan fingerprint density at radius 2 is 1.77 bits per heavy atom. The van der Waals surface area contributed by atoms with Gasteiger partial charge in [0.15, 0.2) is 0 Å². The number of hydrogen-bond donors (Lipinski definition) is 0. The molecular formula is C13H20. The summed E-state index contributed by atoms with van der Waals surface area (Å²) < 4.78 is 0. The first-order chi connectivity index (χ1) is 6.07. The Morgan fingerprint density at radius 1 is 1.15 bits per heavy atom. The molecule has 0 radical (unpaired) electrons. The van der Waals surface area contributed by atoms with Crippen molar-refractivity contribution in [3.8, 4) is 0 Å². The maximum Gasteiger partial charge on any atom is -0.0216 e. The molecule has 1 aromatic carbocycles. The highest BCUT2D eigenvalue weighted by Crippen LogP contribution is 2.24. The standard InChI is InChI=1S/C13H20/c1-6-12-10(4)7-8-13(9(2)3)11(12)5/h7-9H,6H2,1-5H3. The second kappa shape index (κ2) is 3.95. The van der Waals surface area contributed by atoms with Gasteiger partial charge in [0.2, 0.25) is 0 Å². The van der Waals surface area contributed by atoms with E-state index in [1.54, 1.807) is 0 Å². The van der Waals surface area contributed by atoms with Crippen LogP contribution in [-0.2, 0) is 6.42 Å². The van der Waals surface area contributed by atoms with E-state index in [1.807, 2.05) is 0 Å². The summed E-state index contributed by atoms with van der Waals surface area (Å²) in [4.78, 5) is 0. The lowest BCUT2D eigenvalue weighted by atomic mass is 9.90. The lowest BCUT2D eigenvalue weighted by molar-refractivity contribution is 0.848. The van der Waals surface area contributed by atoms with E-state index in [4.69, 9.17) is 0 Å². The van der Waals surface area contributed by atoms with E-state index in [9.17, 15) is 0 Å². The van der Waals surface area contributed by atoms with Gasteiger partial charge in [-0.1, -0.05) is 32.9 Å². The van der Waals surface area contributed by atoms with Gasteiger partial charge >= 0.3 is 0 Å². The van der Waals surface area contributed by atoms with Crippen LogP contribution in [-0.4, -0.2) is 0 Å². The van der Waals surface area contributed by atoms with Gasteiger partial charge in [0.05, 0.1) is 0 Å². The minimum atomic E-state index is 0.644. The van der Waals surface area contributed by atoms with Crippen molar-refractivity contribution in [2.75, 3.05) is 0 Å². The molecule has 0 saturated heterocycles. The maximum absolute atomic E-state index is 2.27. The Bertz CT molecular complexity index is 295. The van der Waals surface area contributed by atoms with Crippen LogP contribution in [0.2, 0.25) is 0 Å². The SMILES string of the molecule is CCc1c(C)ccc(C(C)C)c1C. The van der Waals surface area contributed by atoms with Gasteiger partial charge in [-0.25, -0.2) is 0 Å². The molecule has 0 fully saturated rings. The van der Waals surface area contributed by atoms with Crippen LogP contribution in [0.1, 0.15) is 48.9 Å². The molecule has 72 valence electrons. The van der Waals surface area contributed by atoms with Crippen molar-refractivity contribution in [3.05, 3.63) is 34.4 Å². The topological polar surface area (TPSA) is 0 Å². The summed E-state index contributed by atoms with van der Waals surface area (Å²) in [7, 11) is 0. The van der Waals surface area contributed by atoms with E-state index in [-0.39, 0.29) is 0 Å². The highest BCUT2D eigenvalue weighted by molar-refractivity contribution is 5.41. The predicted octanol–water partition coefficient (Wildman–Crippen LogP) is 3.99. The molecule has 0 unspecified atom stereocenters. The molecule has 0 aliphatic carbocycles. The second-order valence-corrected chi connectivity index (χ2v) is 4.08. The second-order valence-electron chi connectivity index (χ2n) is 4.08. The zero-order valence-corrected chi connectivity index (χ0v) is 9.44. The van der Waals surface area contributed by atoms with Crippen LogP contribution in [0.5, 0.6) is 0 Å². The maximum atomic E-state index is 2.27. The Kier molecular flexibility index (Phi) is 3.13. The molecule has 0 atom stereocenters. The van der Waals surface area contributed by atoms with Crippen molar-refractivity contribution in [2.24, 2.45) is 0 Å². The monoisotopic (exact) mass is 176 g/mol. The van der Waals surface area contributed by atoms with Crippen LogP contribution >= 0.6 is 0 Å². The average Bonchev–Trinajstić information content (AvgIpc) is 2.04. The van der Waals surface area contributed by atoms with Gasteiger partial charge in [-0.3, -0.25) is 0 Å². The van der Waals surface area contributed by atoms with Gasteiger partial charge in [0.25, 0.3) is 0 Å². The summed E-state index contributed by atoms with van der Waals surface area (Å²) >= 11 is 0. The minimum absolute atomic E-state index is 0.644. The molecule has 0 aliphatic heterocycles. The van der Waals surface area contributed by atoms with E-state index in [2.05, 4.69) is 46.8 Å². The fourth-order valence-corrected chi connectivity index (χ4v) is 2.08. The predicted molar refractivity (Wildman–Crippen MR) is 59.4 cm³/mol. The third-order valence-corrected chi connectivity index (χ3v) is 2.85. The normalized spacial score (nSPS) is 10.9. The molecule has 0 N–H and O–H groups in total. The third-order valence-electron chi connectivity index (χ3n) is 2.85. The Hall–Kier alpha value is -0.780. The van der Waals surface area contributed by atoms with Crippen LogP contribution in [0.4, 0.5) is 0 Å². The van der Waals surface area contributed by atoms with Gasteiger partial charge in [0, 0.05) is 0 Å². The fourth-order valence-electron chi connectivity index (χ4n) is 2.08. The first-order valence-corrected chi connectivity index (χ1v) is 5.16. The highest BCUT2D eigenvalue weighted by Gasteiger charge is 2.07. The molecule has 0 nitrogen and oxygen atoms in total. The van der Waals surface area contributed by atoms with Crippen molar-refractivity contribution in [1.29, 1.82) is 0 Å². The number of benzene rings is 1. The molecule has 0 aromatic heterocycles. The van der Waals surface area contributed by atoms with Crippen molar-refractivity contribution in [3.63, 3.8) is 0 Å². The van der Waals surface area contributed by atoms with Gasteiger partial charge < -0.3 is 0 Å². The average molecular weight is 176 g/mol. The largest absolute Gasteiger partial charge is 0.0613 e. The first-order valence-electron chi connectivity index (χ1n) is 5.16. The molecule has 0 bridgehead atoms. The number of aryl methyl sites for hydroxylation is 1. The zero-order chi connectivity index (χ0) is 10.0. The summed E-state index contributed by atoms with van der Waals surface area (Å²) in [5.41, 5.74) is 5.97. The fraction of sp³-hybridized carbons (Fsp3) is 0.538. The molecule has 1 aromatic rings. The van der Waals surface area contributed by atoms with Crippen molar-refractivity contribution in [2.45, 2.75) is 47.0 Å². The van der Waals surface area contributed by atoms with Crippen LogP contribution in [0.15, 0.2) is 12.1 Å². The molecule has 13 heavy (non-hydrogen) atoms. The minimum Gasteiger partial charge on any atom is -0.0613 e. The molecular weight excluding hydrogens is 156 g/mol. The molecule has 0 spiro atoms. The van der Waals surface area contributed by atoms with Crippen LogP contribution in [0.25, 0.3) is 0 Å². The molecule has 0 heterocycles. The van der Waals surface area contributed by atoms with Gasteiger partial charge in [-0.15, -0.1) is 0 Å². The van der Waals surface area contributed by atoms with Crippen molar-refractivity contribution in [1.82, 2.24) is 0 Å². The summed E-state index contributed by atoms with van der Waals surface area (Å²) in [6.07, 6.45) is 1.15.